The predicted octanol–water partition coefficient (Wildman–Crippen LogP) is 10.7. The molecule has 220 valence electrons. The molecule has 0 unspecified atom stereocenters. The molecule has 0 N–H and O–H groups in total. The first-order valence-corrected chi connectivity index (χ1v) is 17.4. The Labute approximate surface area is 278 Å². The maximum atomic E-state index is 5.12. The zero-order valence-electron chi connectivity index (χ0n) is 25.3. The fourth-order valence-electron chi connectivity index (χ4n) is 6.51. The van der Waals surface area contributed by atoms with Crippen LogP contribution in [0.1, 0.15) is 0 Å². The molecule has 4 heteroatoms. The first-order valence-electron chi connectivity index (χ1n) is 15.7. The normalized spacial score (nSPS) is 11.4. The molecule has 0 spiro atoms. The van der Waals surface area contributed by atoms with E-state index < -0.39 is 0 Å². The van der Waals surface area contributed by atoms with Gasteiger partial charge in [0.1, 0.15) is 0 Å². The van der Waals surface area contributed by atoms with E-state index in [1.165, 1.54) is 36.0 Å². The van der Waals surface area contributed by atoms with Gasteiger partial charge in [0.15, 0.2) is 0 Å². The van der Waals surface area contributed by atoms with Crippen LogP contribution in [0.3, 0.4) is 0 Å². The van der Waals surface area contributed by atoms with E-state index in [0.717, 1.165) is 33.0 Å². The number of hydrogen-bond donors (Lipinski definition) is 0. The summed E-state index contributed by atoms with van der Waals surface area (Å²) in [6.07, 6.45) is 0. The Kier molecular flexibility index (Phi) is 6.82. The maximum absolute atomic E-state index is 5.12. The molecule has 0 fully saturated rings. The second kappa shape index (κ2) is 11.6. The number of benzene rings is 7. The molecule has 0 atom stereocenters. The monoisotopic (exact) mass is 665 g/mol. The van der Waals surface area contributed by atoms with E-state index in [9.17, 15) is 0 Å². The molecule has 47 heavy (non-hydrogen) atoms. The average molecular weight is 665 g/mol. The summed E-state index contributed by atoms with van der Waals surface area (Å²) in [7, 11) is 0. The summed E-state index contributed by atoms with van der Waals surface area (Å²) in [5, 5.41) is 4.95. The molecule has 9 rings (SSSR count). The van der Waals surface area contributed by atoms with E-state index in [1.807, 2.05) is 36.4 Å². The first kappa shape index (κ1) is 27.6. The van der Waals surface area contributed by atoms with Crippen molar-refractivity contribution < 1.29 is 0 Å². The summed E-state index contributed by atoms with van der Waals surface area (Å²) in [6, 6.07) is 57.8. The van der Waals surface area contributed by atoms with Crippen LogP contribution in [0.25, 0.3) is 86.5 Å². The third kappa shape index (κ3) is 4.96. The number of nitrogens with zero attached hydrogens (tertiary/aromatic N) is 3. The van der Waals surface area contributed by atoms with Crippen molar-refractivity contribution in [3.63, 3.8) is 0 Å². The molecule has 7 aromatic carbocycles. The van der Waals surface area contributed by atoms with E-state index in [-0.39, 0.29) is 14.5 Å². The fourth-order valence-corrected chi connectivity index (χ4v) is 9.17. The third-order valence-electron chi connectivity index (χ3n) is 8.72. The minimum absolute atomic E-state index is 0.205. The van der Waals surface area contributed by atoms with Gasteiger partial charge in [0.05, 0.1) is 0 Å². The second-order valence-electron chi connectivity index (χ2n) is 11.6. The molecule has 0 radical (unpaired) electrons. The summed E-state index contributed by atoms with van der Waals surface area (Å²) in [6.45, 7) is 0. The summed E-state index contributed by atoms with van der Waals surface area (Å²) in [5.74, 6) is 1.99. The molecule has 0 bridgehead atoms. The van der Waals surface area contributed by atoms with Crippen molar-refractivity contribution >= 4 is 44.6 Å². The van der Waals surface area contributed by atoms with Crippen molar-refractivity contribution in [2.24, 2.45) is 0 Å². The van der Waals surface area contributed by atoms with Gasteiger partial charge in [-0.05, 0) is 0 Å². The van der Waals surface area contributed by atoms with Gasteiger partial charge in [-0.1, -0.05) is 12.1 Å². The zero-order chi connectivity index (χ0) is 31.2. The van der Waals surface area contributed by atoms with Crippen LogP contribution < -0.4 is 0 Å². The Morgan fingerprint density at radius 1 is 0.362 bits per heavy atom. The van der Waals surface area contributed by atoms with E-state index in [2.05, 4.69) is 127 Å². The molecular formula is C43H27N3Se. The molecule has 0 saturated heterocycles. The molecule has 0 saturated carbocycles. The Balaban J connectivity index is 1.30. The topological polar surface area (TPSA) is 38.7 Å². The van der Waals surface area contributed by atoms with E-state index >= 15 is 0 Å². The van der Waals surface area contributed by atoms with Crippen LogP contribution in [0.15, 0.2) is 164 Å². The molecule has 9 aromatic rings. The minimum atomic E-state index is 0.205. The first-order chi connectivity index (χ1) is 23.3. The van der Waals surface area contributed by atoms with Gasteiger partial charge in [-0.15, -0.1) is 0 Å². The van der Waals surface area contributed by atoms with Crippen LogP contribution >= 0.6 is 0 Å². The van der Waals surface area contributed by atoms with Crippen LogP contribution in [0, 0.1) is 0 Å². The average Bonchev–Trinajstić information content (AvgIpc) is 3.54. The second-order valence-corrected chi connectivity index (χ2v) is 13.8. The molecular weight excluding hydrogens is 637 g/mol. The van der Waals surface area contributed by atoms with Crippen molar-refractivity contribution in [2.75, 3.05) is 0 Å². The molecule has 2 heterocycles. The number of aromatic nitrogens is 3. The Morgan fingerprint density at radius 2 is 0.915 bits per heavy atom. The van der Waals surface area contributed by atoms with E-state index in [4.69, 9.17) is 15.0 Å². The quantitative estimate of drug-likeness (QED) is 0.172. The fraction of sp³-hybridized carbons (Fsp3) is 0. The SMILES string of the molecule is c1ccc(-c2nc(-c3ccccc3)nc(-c3cc(-c4cccc5[se]c6c(-c7ccccc7)cccc6c45)cc4ccccc34)n2)cc1. The molecule has 2 aromatic heterocycles. The predicted molar refractivity (Wildman–Crippen MR) is 196 cm³/mol. The Bertz CT molecular complexity index is 2500. The van der Waals surface area contributed by atoms with Gasteiger partial charge in [0, 0.05) is 0 Å². The van der Waals surface area contributed by atoms with E-state index in [0.29, 0.717) is 17.5 Å². The van der Waals surface area contributed by atoms with Crippen LogP contribution in [-0.4, -0.2) is 29.5 Å². The molecule has 0 aliphatic rings. The summed E-state index contributed by atoms with van der Waals surface area (Å²) >= 11 is 0.205. The van der Waals surface area contributed by atoms with Crippen LogP contribution in [-0.2, 0) is 0 Å². The Morgan fingerprint density at radius 3 is 1.62 bits per heavy atom. The Hall–Kier alpha value is -5.67. The number of rotatable bonds is 5. The number of hydrogen-bond acceptors (Lipinski definition) is 3. The van der Waals surface area contributed by atoms with Crippen molar-refractivity contribution in [3.8, 4) is 56.4 Å². The summed E-state index contributed by atoms with van der Waals surface area (Å²) in [4.78, 5) is 15.2. The van der Waals surface area contributed by atoms with E-state index in [1.54, 1.807) is 0 Å². The third-order valence-corrected chi connectivity index (χ3v) is 11.2. The van der Waals surface area contributed by atoms with Crippen molar-refractivity contribution in [2.45, 2.75) is 0 Å². The van der Waals surface area contributed by atoms with Gasteiger partial charge >= 0.3 is 268 Å². The standard InChI is InChI=1S/C43H27N3Se/c1-4-14-28(15-5-1)35-23-12-24-36-39-34(22-13-25-38(39)47-40(35)36)32-26-31-20-10-11-21-33(31)37(27-32)43-45-41(29-16-6-2-7-17-29)44-42(46-43)30-18-8-3-9-19-30/h1-27H. The van der Waals surface area contributed by atoms with Gasteiger partial charge in [0.25, 0.3) is 0 Å². The van der Waals surface area contributed by atoms with Gasteiger partial charge in [0.2, 0.25) is 0 Å². The van der Waals surface area contributed by atoms with Crippen LogP contribution in [0.5, 0.6) is 0 Å². The van der Waals surface area contributed by atoms with Gasteiger partial charge in [-0.2, -0.15) is 0 Å². The van der Waals surface area contributed by atoms with Crippen molar-refractivity contribution in [1.82, 2.24) is 15.0 Å². The van der Waals surface area contributed by atoms with Crippen molar-refractivity contribution in [3.05, 3.63) is 164 Å². The van der Waals surface area contributed by atoms with Gasteiger partial charge in [-0.25, -0.2) is 0 Å². The number of fused-ring (bicyclic) bond motifs is 4. The molecule has 0 aliphatic heterocycles. The van der Waals surface area contributed by atoms with Gasteiger partial charge < -0.3 is 0 Å². The molecule has 0 amide bonds. The summed E-state index contributed by atoms with van der Waals surface area (Å²) < 4.78 is 2.87. The molecule has 0 aliphatic carbocycles. The zero-order valence-corrected chi connectivity index (χ0v) is 27.1. The molecule has 3 nitrogen and oxygen atoms in total. The van der Waals surface area contributed by atoms with Crippen LogP contribution in [0.2, 0.25) is 0 Å². The van der Waals surface area contributed by atoms with Crippen molar-refractivity contribution in [1.29, 1.82) is 0 Å². The van der Waals surface area contributed by atoms with Gasteiger partial charge in [-0.3, -0.25) is 0 Å². The summed E-state index contributed by atoms with van der Waals surface area (Å²) in [5.41, 5.74) is 7.91. The van der Waals surface area contributed by atoms with Crippen LogP contribution in [0.4, 0.5) is 0 Å².